The van der Waals surface area contributed by atoms with Crippen molar-refractivity contribution in [2.45, 2.75) is 0 Å². The first-order valence-electron chi connectivity index (χ1n) is 4.52. The van der Waals surface area contributed by atoms with Crippen molar-refractivity contribution in [3.05, 3.63) is 16.8 Å². The Labute approximate surface area is 99.3 Å². The summed E-state index contributed by atoms with van der Waals surface area (Å²) in [6.07, 6.45) is 1.07. The number of amides is 1. The molecule has 0 spiro atoms. The van der Waals surface area contributed by atoms with Crippen LogP contribution in [-0.2, 0) is 14.8 Å². The Bertz CT molecular complexity index is 453. The summed E-state index contributed by atoms with van der Waals surface area (Å²) < 4.78 is 23.3. The number of nitrogens with zero attached hydrogens (tertiary/aromatic N) is 2. The van der Waals surface area contributed by atoms with Gasteiger partial charge in [-0.3, -0.25) is 4.79 Å². The number of hydrogen-bond acceptors (Lipinski definition) is 4. The number of hydrogen-bond donors (Lipinski definition) is 0. The lowest BCUT2D eigenvalue weighted by Crippen LogP contribution is -2.38. The van der Waals surface area contributed by atoms with Gasteiger partial charge in [0.25, 0.3) is 0 Å². The van der Waals surface area contributed by atoms with Gasteiger partial charge >= 0.3 is 0 Å². The second-order valence-electron chi connectivity index (χ2n) is 3.45. The van der Waals surface area contributed by atoms with Crippen LogP contribution in [0.1, 0.15) is 0 Å². The molecule has 1 heterocycles. The lowest BCUT2D eigenvalue weighted by molar-refractivity contribution is -0.118. The number of thiophene rings is 1. The van der Waals surface area contributed by atoms with E-state index in [1.54, 1.807) is 7.05 Å². The topological polar surface area (TPSA) is 57.7 Å². The Morgan fingerprint density at radius 2 is 2.06 bits per heavy atom. The number of likely N-dealkylation sites (N-methyl/N-ethyl adjacent to an activating group) is 2. The zero-order valence-corrected chi connectivity index (χ0v) is 11.0. The zero-order chi connectivity index (χ0) is 12.3. The minimum atomic E-state index is -3.31. The monoisotopic (exact) mass is 262 g/mol. The van der Waals surface area contributed by atoms with Gasteiger partial charge in [0.2, 0.25) is 15.9 Å². The standard InChI is InChI=1S/C9H14N2O3S2/c1-10(16(3,13)14)6-9(12)11(2)8-4-5-15-7-8/h4-5,7H,6H2,1-3H3. The fourth-order valence-corrected chi connectivity index (χ4v) is 2.02. The molecular formula is C9H14N2O3S2. The highest BCUT2D eigenvalue weighted by Crippen LogP contribution is 2.16. The highest BCUT2D eigenvalue weighted by molar-refractivity contribution is 7.88. The van der Waals surface area contributed by atoms with E-state index in [0.29, 0.717) is 0 Å². The lowest BCUT2D eigenvalue weighted by atomic mass is 10.4. The summed E-state index contributed by atoms with van der Waals surface area (Å²) in [6, 6.07) is 1.81. The Hall–Kier alpha value is -0.920. The predicted molar refractivity (Wildman–Crippen MR) is 65.2 cm³/mol. The van der Waals surface area contributed by atoms with E-state index in [-0.39, 0.29) is 12.5 Å². The van der Waals surface area contributed by atoms with Gasteiger partial charge in [-0.15, -0.1) is 0 Å². The Kier molecular flexibility index (Phi) is 4.06. The van der Waals surface area contributed by atoms with Gasteiger partial charge in [0.05, 0.1) is 18.5 Å². The summed E-state index contributed by atoms with van der Waals surface area (Å²) in [4.78, 5) is 13.2. The fourth-order valence-electron chi connectivity index (χ4n) is 1.01. The molecule has 16 heavy (non-hydrogen) atoms. The third-order valence-electron chi connectivity index (χ3n) is 2.19. The second kappa shape index (κ2) is 4.94. The molecule has 0 radical (unpaired) electrons. The predicted octanol–water partition coefficient (Wildman–Crippen LogP) is 0.602. The van der Waals surface area contributed by atoms with Crippen LogP contribution in [0.25, 0.3) is 0 Å². The zero-order valence-electron chi connectivity index (χ0n) is 9.37. The van der Waals surface area contributed by atoms with E-state index in [2.05, 4.69) is 0 Å². The smallest absolute Gasteiger partial charge is 0.242 e. The van der Waals surface area contributed by atoms with Gasteiger partial charge in [-0.25, -0.2) is 8.42 Å². The van der Waals surface area contributed by atoms with Crippen LogP contribution in [0.3, 0.4) is 0 Å². The molecule has 7 heteroatoms. The third-order valence-corrected chi connectivity index (χ3v) is 4.12. The molecule has 0 N–H and O–H groups in total. The number of carbonyl (C=O) groups is 1. The van der Waals surface area contributed by atoms with Crippen LogP contribution in [0.2, 0.25) is 0 Å². The van der Waals surface area contributed by atoms with Gasteiger partial charge in [-0.1, -0.05) is 0 Å². The second-order valence-corrected chi connectivity index (χ2v) is 6.32. The molecule has 0 atom stereocenters. The van der Waals surface area contributed by atoms with Crippen molar-refractivity contribution >= 4 is 33.0 Å². The van der Waals surface area contributed by atoms with Gasteiger partial charge in [-0.2, -0.15) is 15.6 Å². The van der Waals surface area contributed by atoms with E-state index in [9.17, 15) is 13.2 Å². The van der Waals surface area contributed by atoms with Crippen LogP contribution < -0.4 is 4.90 Å². The first-order valence-corrected chi connectivity index (χ1v) is 7.31. The van der Waals surface area contributed by atoms with E-state index in [0.717, 1.165) is 16.2 Å². The molecule has 1 amide bonds. The van der Waals surface area contributed by atoms with Crippen molar-refractivity contribution in [1.29, 1.82) is 0 Å². The van der Waals surface area contributed by atoms with E-state index in [4.69, 9.17) is 0 Å². The van der Waals surface area contributed by atoms with E-state index < -0.39 is 10.0 Å². The van der Waals surface area contributed by atoms with Crippen LogP contribution in [0.5, 0.6) is 0 Å². The van der Waals surface area contributed by atoms with Crippen molar-refractivity contribution < 1.29 is 13.2 Å². The molecule has 0 aliphatic carbocycles. The summed E-state index contributed by atoms with van der Waals surface area (Å²) >= 11 is 1.48. The average molecular weight is 262 g/mol. The summed E-state index contributed by atoms with van der Waals surface area (Å²) in [7, 11) is -0.303. The van der Waals surface area contributed by atoms with Crippen LogP contribution in [0, 0.1) is 0 Å². The molecule has 1 rings (SSSR count). The average Bonchev–Trinajstić information content (AvgIpc) is 2.67. The van der Waals surface area contributed by atoms with Crippen molar-refractivity contribution in [3.8, 4) is 0 Å². The van der Waals surface area contributed by atoms with Crippen LogP contribution in [0.15, 0.2) is 16.8 Å². The van der Waals surface area contributed by atoms with Crippen molar-refractivity contribution in [3.63, 3.8) is 0 Å². The largest absolute Gasteiger partial charge is 0.314 e. The summed E-state index contributed by atoms with van der Waals surface area (Å²) in [5.41, 5.74) is 0.775. The van der Waals surface area contributed by atoms with E-state index in [1.807, 2.05) is 16.8 Å². The molecule has 0 aromatic carbocycles. The SMILES string of the molecule is CN(C(=O)CN(C)S(C)(=O)=O)c1ccsc1. The molecule has 0 saturated heterocycles. The van der Waals surface area contributed by atoms with Gasteiger partial charge in [0.1, 0.15) is 0 Å². The van der Waals surface area contributed by atoms with Crippen LogP contribution in [0.4, 0.5) is 5.69 Å². The number of anilines is 1. The third kappa shape index (κ3) is 3.29. The normalized spacial score (nSPS) is 11.8. The first-order chi connectivity index (χ1) is 7.32. The minimum absolute atomic E-state index is 0.148. The molecule has 0 aliphatic heterocycles. The molecule has 0 unspecified atom stereocenters. The molecular weight excluding hydrogens is 248 g/mol. The lowest BCUT2D eigenvalue weighted by Gasteiger charge is -2.19. The van der Waals surface area contributed by atoms with Crippen molar-refractivity contribution in [1.82, 2.24) is 4.31 Å². The molecule has 5 nitrogen and oxygen atoms in total. The number of carbonyl (C=O) groups excluding carboxylic acids is 1. The maximum atomic E-state index is 11.7. The summed E-state index contributed by atoms with van der Waals surface area (Å²) in [5.74, 6) is -0.258. The van der Waals surface area contributed by atoms with Crippen LogP contribution in [-0.4, -0.2) is 45.5 Å². The van der Waals surface area contributed by atoms with E-state index >= 15 is 0 Å². The molecule has 1 aromatic heterocycles. The van der Waals surface area contributed by atoms with Gasteiger partial charge in [-0.05, 0) is 11.4 Å². The van der Waals surface area contributed by atoms with Gasteiger partial charge in [0, 0.05) is 19.5 Å². The molecule has 0 fully saturated rings. The molecule has 0 aliphatic rings. The number of sulfonamides is 1. The molecule has 90 valence electrons. The van der Waals surface area contributed by atoms with Gasteiger partial charge < -0.3 is 4.90 Å². The van der Waals surface area contributed by atoms with Crippen molar-refractivity contribution in [2.24, 2.45) is 0 Å². The molecule has 1 aromatic rings. The highest BCUT2D eigenvalue weighted by atomic mass is 32.2. The molecule has 0 saturated carbocycles. The quantitative estimate of drug-likeness (QED) is 0.798. The van der Waals surface area contributed by atoms with Crippen molar-refractivity contribution in [2.75, 3.05) is 31.8 Å². The minimum Gasteiger partial charge on any atom is -0.314 e. The van der Waals surface area contributed by atoms with E-state index in [1.165, 1.54) is 23.3 Å². The summed E-state index contributed by atoms with van der Waals surface area (Å²) in [5, 5.41) is 3.69. The Morgan fingerprint density at radius 3 is 2.50 bits per heavy atom. The van der Waals surface area contributed by atoms with Crippen LogP contribution >= 0.6 is 11.3 Å². The number of rotatable bonds is 4. The Balaban J connectivity index is 2.67. The Morgan fingerprint density at radius 1 is 1.44 bits per heavy atom. The fraction of sp³-hybridized carbons (Fsp3) is 0.444. The summed E-state index contributed by atoms with van der Waals surface area (Å²) in [6.45, 7) is -0.148. The molecule has 0 bridgehead atoms. The van der Waals surface area contributed by atoms with Gasteiger partial charge in [0.15, 0.2) is 0 Å². The maximum absolute atomic E-state index is 11.7. The highest BCUT2D eigenvalue weighted by Gasteiger charge is 2.18. The maximum Gasteiger partial charge on any atom is 0.242 e. The first kappa shape index (κ1) is 13.1.